The van der Waals surface area contributed by atoms with Crippen molar-refractivity contribution in [3.05, 3.63) is 86.9 Å². The summed E-state index contributed by atoms with van der Waals surface area (Å²) in [5.74, 6) is -2.62. The number of nitrogens with one attached hydrogen (secondary N) is 1. The number of fused-ring (bicyclic) bond motifs is 2. The number of anilines is 1. The van der Waals surface area contributed by atoms with E-state index in [0.29, 0.717) is 15.7 Å². The Morgan fingerprint density at radius 3 is 2.53 bits per heavy atom. The second-order valence-electron chi connectivity index (χ2n) is 7.22. The third-order valence-electron chi connectivity index (χ3n) is 5.39. The summed E-state index contributed by atoms with van der Waals surface area (Å²) in [4.78, 5) is 39.7. The molecule has 1 spiro atoms. The van der Waals surface area contributed by atoms with Crippen LogP contribution in [0.2, 0.25) is 0 Å². The molecule has 2 aromatic rings. The molecule has 0 aliphatic carbocycles. The van der Waals surface area contributed by atoms with Gasteiger partial charge < -0.3 is 25.3 Å². The van der Waals surface area contributed by atoms with E-state index in [4.69, 9.17) is 19.9 Å². The highest BCUT2D eigenvalue weighted by molar-refractivity contribution is 9.10. The van der Waals surface area contributed by atoms with E-state index in [9.17, 15) is 14.4 Å². The molecule has 2 aliphatic heterocycles. The lowest BCUT2D eigenvalue weighted by Gasteiger charge is -2.35. The van der Waals surface area contributed by atoms with Crippen molar-refractivity contribution in [3.63, 3.8) is 0 Å². The Morgan fingerprint density at radius 2 is 1.84 bits per heavy atom. The fourth-order valence-corrected chi connectivity index (χ4v) is 4.42. The molecule has 1 unspecified atom stereocenters. The van der Waals surface area contributed by atoms with Gasteiger partial charge in [0, 0.05) is 15.7 Å². The highest BCUT2D eigenvalue weighted by Gasteiger charge is 2.61. The van der Waals surface area contributed by atoms with Crippen LogP contribution in [0.3, 0.4) is 0 Å². The summed E-state index contributed by atoms with van der Waals surface area (Å²) in [5, 5.41) is 2.74. The van der Waals surface area contributed by atoms with Crippen LogP contribution in [-0.4, -0.2) is 25.0 Å². The highest BCUT2D eigenvalue weighted by atomic mass is 79.9. The van der Waals surface area contributed by atoms with E-state index in [1.807, 2.05) is 18.2 Å². The van der Waals surface area contributed by atoms with Gasteiger partial charge in [0.25, 0.3) is 0 Å². The van der Waals surface area contributed by atoms with Crippen molar-refractivity contribution in [1.29, 1.82) is 0 Å². The van der Waals surface area contributed by atoms with Gasteiger partial charge in [0.1, 0.15) is 28.9 Å². The van der Waals surface area contributed by atoms with E-state index in [2.05, 4.69) is 21.2 Å². The van der Waals surface area contributed by atoms with Crippen molar-refractivity contribution < 1.29 is 28.6 Å². The summed E-state index contributed by atoms with van der Waals surface area (Å²) in [6, 6.07) is 14.1. The number of benzene rings is 2. The van der Waals surface area contributed by atoms with Crippen LogP contribution in [-0.2, 0) is 40.6 Å². The SMILES string of the molecule is COC(=O)C1=C(N)OC(C)=C(C(=O)OCc2ccccc2)C12C(=O)Nc1ccc(Br)cc12. The van der Waals surface area contributed by atoms with E-state index in [0.717, 1.165) is 12.7 Å². The Labute approximate surface area is 192 Å². The molecule has 0 bridgehead atoms. The number of hydrogen-bond donors (Lipinski definition) is 2. The fourth-order valence-electron chi connectivity index (χ4n) is 4.06. The second-order valence-corrected chi connectivity index (χ2v) is 8.14. The number of rotatable bonds is 4. The summed E-state index contributed by atoms with van der Waals surface area (Å²) in [5.41, 5.74) is 5.28. The van der Waals surface area contributed by atoms with Gasteiger partial charge in [0.05, 0.1) is 7.11 Å². The minimum absolute atomic E-state index is 0.0355. The Balaban J connectivity index is 1.90. The Kier molecular flexibility index (Phi) is 5.52. The van der Waals surface area contributed by atoms with E-state index in [-0.39, 0.29) is 29.4 Å². The predicted octanol–water partition coefficient (Wildman–Crippen LogP) is 3.03. The molecule has 2 heterocycles. The summed E-state index contributed by atoms with van der Waals surface area (Å²) in [6.45, 7) is 1.46. The normalized spacial score (nSPS) is 19.4. The van der Waals surface area contributed by atoms with E-state index < -0.39 is 23.3 Å². The number of ether oxygens (including phenoxy) is 3. The maximum absolute atomic E-state index is 13.5. The van der Waals surface area contributed by atoms with Crippen LogP contribution in [0.25, 0.3) is 0 Å². The number of allylic oxidation sites excluding steroid dienone is 1. The van der Waals surface area contributed by atoms with Crippen LogP contribution in [0, 0.1) is 0 Å². The highest BCUT2D eigenvalue weighted by Crippen LogP contribution is 2.53. The zero-order valence-corrected chi connectivity index (χ0v) is 18.8. The lowest BCUT2D eigenvalue weighted by molar-refractivity contribution is -0.143. The average molecular weight is 499 g/mol. The number of carbonyl (C=O) groups excluding carboxylic acids is 3. The lowest BCUT2D eigenvalue weighted by Crippen LogP contribution is -2.48. The molecule has 164 valence electrons. The molecule has 0 saturated heterocycles. The van der Waals surface area contributed by atoms with Gasteiger partial charge in [0.15, 0.2) is 0 Å². The molecule has 2 aromatic carbocycles. The molecule has 3 N–H and O–H groups in total. The maximum atomic E-state index is 13.5. The summed E-state index contributed by atoms with van der Waals surface area (Å²) in [7, 11) is 1.16. The van der Waals surface area contributed by atoms with Crippen molar-refractivity contribution in [2.45, 2.75) is 18.9 Å². The van der Waals surface area contributed by atoms with Crippen LogP contribution in [0.1, 0.15) is 18.1 Å². The monoisotopic (exact) mass is 498 g/mol. The van der Waals surface area contributed by atoms with E-state index >= 15 is 0 Å². The van der Waals surface area contributed by atoms with Crippen molar-refractivity contribution >= 4 is 39.5 Å². The van der Waals surface area contributed by atoms with Crippen molar-refractivity contribution in [3.8, 4) is 0 Å². The van der Waals surface area contributed by atoms with Crippen molar-refractivity contribution in [2.75, 3.05) is 12.4 Å². The average Bonchev–Trinajstić information content (AvgIpc) is 3.04. The number of amides is 1. The Bertz CT molecular complexity index is 1200. The molecule has 8 nitrogen and oxygen atoms in total. The molecule has 4 rings (SSSR count). The first-order chi connectivity index (χ1) is 15.3. The third kappa shape index (κ3) is 3.25. The first-order valence-corrected chi connectivity index (χ1v) is 10.4. The van der Waals surface area contributed by atoms with Crippen LogP contribution < -0.4 is 11.1 Å². The summed E-state index contributed by atoms with van der Waals surface area (Å²) < 4.78 is 16.6. The minimum atomic E-state index is -1.90. The molecule has 0 radical (unpaired) electrons. The molecule has 9 heteroatoms. The maximum Gasteiger partial charge on any atom is 0.340 e. The Morgan fingerprint density at radius 1 is 1.12 bits per heavy atom. The lowest BCUT2D eigenvalue weighted by atomic mass is 9.67. The zero-order chi connectivity index (χ0) is 23.0. The van der Waals surface area contributed by atoms with Gasteiger partial charge in [-0.3, -0.25) is 4.79 Å². The number of halogens is 1. The number of nitrogens with two attached hydrogens (primary N) is 1. The molecule has 0 aromatic heterocycles. The Hall–Kier alpha value is -3.59. The van der Waals surface area contributed by atoms with Gasteiger partial charge in [-0.2, -0.15) is 0 Å². The predicted molar refractivity (Wildman–Crippen MR) is 118 cm³/mol. The molecule has 0 fully saturated rings. The molecule has 1 atom stereocenters. The summed E-state index contributed by atoms with van der Waals surface area (Å²) in [6.07, 6.45) is 0. The third-order valence-corrected chi connectivity index (χ3v) is 5.89. The van der Waals surface area contributed by atoms with E-state index in [1.165, 1.54) is 6.92 Å². The second kappa shape index (κ2) is 8.16. The molecule has 32 heavy (non-hydrogen) atoms. The zero-order valence-electron chi connectivity index (χ0n) is 17.2. The fraction of sp³-hybridized carbons (Fsp3) is 0.174. The number of methoxy groups -OCH3 is 1. The van der Waals surface area contributed by atoms with Gasteiger partial charge in [-0.25, -0.2) is 9.59 Å². The van der Waals surface area contributed by atoms with Crippen LogP contribution in [0.4, 0.5) is 5.69 Å². The smallest absolute Gasteiger partial charge is 0.340 e. The van der Waals surface area contributed by atoms with Crippen molar-refractivity contribution in [1.82, 2.24) is 0 Å². The first kappa shape index (κ1) is 21.6. The van der Waals surface area contributed by atoms with Gasteiger partial charge in [-0.1, -0.05) is 46.3 Å². The molecule has 1 amide bonds. The van der Waals surface area contributed by atoms with Crippen LogP contribution in [0.15, 0.2) is 75.8 Å². The van der Waals surface area contributed by atoms with Gasteiger partial charge in [0.2, 0.25) is 11.8 Å². The van der Waals surface area contributed by atoms with Gasteiger partial charge in [-0.05, 0) is 30.7 Å². The van der Waals surface area contributed by atoms with Crippen LogP contribution in [0.5, 0.6) is 0 Å². The molecule has 2 aliphatic rings. The quantitative estimate of drug-likeness (QED) is 0.622. The van der Waals surface area contributed by atoms with Crippen LogP contribution >= 0.6 is 15.9 Å². The topological polar surface area (TPSA) is 117 Å². The number of carbonyl (C=O) groups is 3. The number of esters is 2. The van der Waals surface area contributed by atoms with Gasteiger partial charge in [-0.15, -0.1) is 0 Å². The van der Waals surface area contributed by atoms with Gasteiger partial charge >= 0.3 is 11.9 Å². The van der Waals surface area contributed by atoms with Crippen molar-refractivity contribution in [2.24, 2.45) is 5.73 Å². The largest absolute Gasteiger partial charge is 0.465 e. The van der Waals surface area contributed by atoms with E-state index in [1.54, 1.807) is 30.3 Å². The number of hydrogen-bond acceptors (Lipinski definition) is 7. The molecular weight excluding hydrogens is 480 g/mol. The summed E-state index contributed by atoms with van der Waals surface area (Å²) >= 11 is 3.39. The standard InChI is InChI=1S/C23H19BrN2O6/c1-12-17(21(28)31-11-13-6-4-3-5-7-13)23(18(19(25)32-12)20(27)30-2)15-10-14(24)8-9-16(15)26-22(23)29/h3-10H,11,25H2,1-2H3,(H,26,29). The molecule has 0 saturated carbocycles. The first-order valence-electron chi connectivity index (χ1n) is 9.61. The molecular formula is C23H19BrN2O6. The minimum Gasteiger partial charge on any atom is -0.465 e.